The molecule has 11 nitrogen and oxygen atoms in total. The van der Waals surface area contributed by atoms with E-state index in [9.17, 15) is 19.2 Å². The monoisotopic (exact) mass is 438 g/mol. The van der Waals surface area contributed by atoms with E-state index in [0.29, 0.717) is 25.1 Å². The molecular weight excluding hydrogens is 408 g/mol. The molecule has 0 aromatic carbocycles. The highest BCUT2D eigenvalue weighted by atomic mass is 16.6. The van der Waals surface area contributed by atoms with Crippen LogP contribution in [0, 0.1) is 12.8 Å². The molecule has 2 heterocycles. The molecule has 1 aromatic heterocycles. The number of nitrogens with one attached hydrogen (secondary N) is 3. The van der Waals surface area contributed by atoms with Gasteiger partial charge in [-0.05, 0) is 26.2 Å². The molecule has 4 unspecified atom stereocenters. The summed E-state index contributed by atoms with van der Waals surface area (Å²) in [7, 11) is 1.28. The summed E-state index contributed by atoms with van der Waals surface area (Å²) < 4.78 is 15.2. The number of nitrogens with zero attached hydrogens (tertiary/aromatic N) is 1. The van der Waals surface area contributed by atoms with Crippen LogP contribution in [-0.4, -0.2) is 73.1 Å². The Morgan fingerprint density at radius 3 is 2.52 bits per heavy atom. The van der Waals surface area contributed by atoms with E-state index in [0.717, 1.165) is 0 Å². The number of ether oxygens (including phenoxy) is 2. The zero-order valence-corrected chi connectivity index (χ0v) is 18.4. The number of hydrogen-bond donors (Lipinski definition) is 3. The molecule has 0 bridgehead atoms. The summed E-state index contributed by atoms with van der Waals surface area (Å²) in [6.07, 6.45) is -0.204. The van der Waals surface area contributed by atoms with Crippen molar-refractivity contribution in [1.82, 2.24) is 15.8 Å². The lowest BCUT2D eigenvalue weighted by molar-refractivity contribution is -0.132. The van der Waals surface area contributed by atoms with E-state index >= 15 is 0 Å². The number of amides is 2. The zero-order valence-electron chi connectivity index (χ0n) is 18.4. The summed E-state index contributed by atoms with van der Waals surface area (Å²) in [4.78, 5) is 49.0. The van der Waals surface area contributed by atoms with Crippen molar-refractivity contribution in [3.8, 4) is 0 Å². The van der Waals surface area contributed by atoms with Gasteiger partial charge < -0.3 is 34.7 Å². The Hall–Kier alpha value is -2.79. The third-order valence-electron chi connectivity index (χ3n) is 4.83. The van der Waals surface area contributed by atoms with Crippen LogP contribution in [0.1, 0.15) is 33.0 Å². The van der Waals surface area contributed by atoms with E-state index in [1.165, 1.54) is 7.11 Å². The lowest BCUT2D eigenvalue weighted by Crippen LogP contribution is -2.53. The molecule has 1 saturated heterocycles. The smallest absolute Gasteiger partial charge is 0.246 e. The molecule has 0 saturated carbocycles. The van der Waals surface area contributed by atoms with Crippen molar-refractivity contribution in [3.05, 3.63) is 11.8 Å². The predicted molar refractivity (Wildman–Crippen MR) is 109 cm³/mol. The molecule has 0 radical (unpaired) electrons. The first kappa shape index (κ1) is 24.5. The highest BCUT2D eigenvalue weighted by Gasteiger charge is 2.50. The molecule has 0 aliphatic carbocycles. The van der Waals surface area contributed by atoms with Crippen LogP contribution >= 0.6 is 0 Å². The highest BCUT2D eigenvalue weighted by Crippen LogP contribution is 2.29. The van der Waals surface area contributed by atoms with Gasteiger partial charge in [-0.3, -0.25) is 14.4 Å². The van der Waals surface area contributed by atoms with E-state index < -0.39 is 35.6 Å². The van der Waals surface area contributed by atoms with Crippen molar-refractivity contribution in [2.45, 2.75) is 57.9 Å². The quantitative estimate of drug-likeness (QED) is 0.285. The molecule has 4 atom stereocenters. The fourth-order valence-corrected chi connectivity index (χ4v) is 3.01. The van der Waals surface area contributed by atoms with E-state index in [4.69, 9.17) is 14.0 Å². The van der Waals surface area contributed by atoms with Crippen molar-refractivity contribution in [2.24, 2.45) is 5.92 Å². The SMILES string of the molecule is COC(C=O)C(Nc1cc(C)on1)C(=O)NCC(=O)NC(CC(C)C)C(=O)C1(C)CO1. The number of hydrogen-bond acceptors (Lipinski definition) is 9. The summed E-state index contributed by atoms with van der Waals surface area (Å²) >= 11 is 0. The van der Waals surface area contributed by atoms with E-state index in [1.807, 2.05) is 13.8 Å². The number of carbonyl (C=O) groups excluding carboxylic acids is 4. The third kappa shape index (κ3) is 6.86. The van der Waals surface area contributed by atoms with Crippen LogP contribution in [-0.2, 0) is 28.7 Å². The number of methoxy groups -OCH3 is 1. The Kier molecular flexibility index (Phi) is 8.28. The molecule has 11 heteroatoms. The van der Waals surface area contributed by atoms with Crippen molar-refractivity contribution in [2.75, 3.05) is 25.6 Å². The predicted octanol–water partition coefficient (Wildman–Crippen LogP) is -0.0175. The minimum atomic E-state index is -1.15. The Labute approximate surface area is 180 Å². The van der Waals surface area contributed by atoms with Crippen LogP contribution in [0.2, 0.25) is 0 Å². The van der Waals surface area contributed by atoms with Crippen LogP contribution in [0.15, 0.2) is 10.6 Å². The van der Waals surface area contributed by atoms with Gasteiger partial charge in [0.15, 0.2) is 17.9 Å². The zero-order chi connectivity index (χ0) is 23.2. The van der Waals surface area contributed by atoms with Gasteiger partial charge in [0.1, 0.15) is 23.5 Å². The van der Waals surface area contributed by atoms with Gasteiger partial charge in [0.2, 0.25) is 11.8 Å². The Morgan fingerprint density at radius 1 is 1.35 bits per heavy atom. The first-order chi connectivity index (χ1) is 14.6. The number of epoxide rings is 1. The number of aldehydes is 1. The maximum Gasteiger partial charge on any atom is 0.246 e. The summed E-state index contributed by atoms with van der Waals surface area (Å²) in [5.74, 6) is -0.462. The normalized spacial score (nSPS) is 20.5. The standard InChI is InChI=1S/C20H30N4O7/c1-11(2)6-13(18(27)20(4)10-30-20)22-16(26)8-21-19(28)17(14(9-25)29-5)23-15-7-12(3)31-24-15/h7,9,11,13-14,17H,6,8,10H2,1-5H3,(H,21,28)(H,22,26)(H,23,24). The lowest BCUT2D eigenvalue weighted by atomic mass is 9.93. The van der Waals surface area contributed by atoms with Gasteiger partial charge in [-0.1, -0.05) is 19.0 Å². The molecular formula is C20H30N4O7. The number of rotatable bonds is 13. The molecule has 0 spiro atoms. The Morgan fingerprint density at radius 2 is 2.03 bits per heavy atom. The second-order valence-corrected chi connectivity index (χ2v) is 8.13. The lowest BCUT2D eigenvalue weighted by Gasteiger charge is -2.23. The highest BCUT2D eigenvalue weighted by molar-refractivity contribution is 5.97. The first-order valence-corrected chi connectivity index (χ1v) is 10.0. The van der Waals surface area contributed by atoms with Gasteiger partial charge >= 0.3 is 0 Å². The maximum absolute atomic E-state index is 12.6. The van der Waals surface area contributed by atoms with Crippen molar-refractivity contribution in [3.63, 3.8) is 0 Å². The summed E-state index contributed by atoms with van der Waals surface area (Å²) in [5.41, 5.74) is -0.865. The molecule has 1 aliphatic heterocycles. The van der Waals surface area contributed by atoms with Crippen LogP contribution < -0.4 is 16.0 Å². The van der Waals surface area contributed by atoms with Crippen LogP contribution in [0.3, 0.4) is 0 Å². The van der Waals surface area contributed by atoms with Crippen LogP contribution in [0.25, 0.3) is 0 Å². The second-order valence-electron chi connectivity index (χ2n) is 8.13. The number of carbonyl (C=O) groups is 4. The molecule has 31 heavy (non-hydrogen) atoms. The third-order valence-corrected chi connectivity index (χ3v) is 4.83. The second kappa shape index (κ2) is 10.5. The molecule has 3 N–H and O–H groups in total. The number of Topliss-reactive ketones (excluding diaryl/α,β-unsaturated/α-hetero) is 1. The molecule has 2 amide bonds. The first-order valence-electron chi connectivity index (χ1n) is 10.0. The molecule has 1 fully saturated rings. The summed E-state index contributed by atoms with van der Waals surface area (Å²) in [6.45, 7) is 7.18. The van der Waals surface area contributed by atoms with Gasteiger partial charge in [-0.15, -0.1) is 0 Å². The Bertz CT molecular complexity index is 803. The van der Waals surface area contributed by atoms with Crippen molar-refractivity contribution in [1.29, 1.82) is 0 Å². The number of anilines is 1. The van der Waals surface area contributed by atoms with Gasteiger partial charge in [0.05, 0.1) is 19.2 Å². The largest absolute Gasteiger partial charge is 0.371 e. The van der Waals surface area contributed by atoms with E-state index in [2.05, 4.69) is 21.1 Å². The fourth-order valence-electron chi connectivity index (χ4n) is 3.01. The molecule has 1 aromatic rings. The number of aryl methyl sites for hydroxylation is 1. The van der Waals surface area contributed by atoms with E-state index in [-0.39, 0.29) is 24.1 Å². The minimum Gasteiger partial charge on any atom is -0.371 e. The summed E-state index contributed by atoms with van der Waals surface area (Å²) in [5, 5.41) is 11.6. The number of aromatic nitrogens is 1. The molecule has 1 aliphatic rings. The van der Waals surface area contributed by atoms with Gasteiger partial charge in [-0.2, -0.15) is 0 Å². The Balaban J connectivity index is 1.98. The van der Waals surface area contributed by atoms with E-state index in [1.54, 1.807) is 19.9 Å². The van der Waals surface area contributed by atoms with Gasteiger partial charge in [0.25, 0.3) is 0 Å². The average Bonchev–Trinajstić information content (AvgIpc) is 3.34. The maximum atomic E-state index is 12.6. The minimum absolute atomic E-state index is 0.167. The van der Waals surface area contributed by atoms with Gasteiger partial charge in [-0.25, -0.2) is 0 Å². The summed E-state index contributed by atoms with van der Waals surface area (Å²) in [6, 6.07) is -0.315. The number of ketones is 1. The average molecular weight is 438 g/mol. The van der Waals surface area contributed by atoms with Crippen molar-refractivity contribution >= 4 is 29.7 Å². The van der Waals surface area contributed by atoms with Crippen LogP contribution in [0.4, 0.5) is 5.82 Å². The molecule has 172 valence electrons. The topological polar surface area (TPSA) is 152 Å². The fraction of sp³-hybridized carbons (Fsp3) is 0.650. The molecule has 2 rings (SSSR count). The van der Waals surface area contributed by atoms with Gasteiger partial charge in [0, 0.05) is 13.2 Å². The van der Waals surface area contributed by atoms with Crippen LogP contribution in [0.5, 0.6) is 0 Å². The van der Waals surface area contributed by atoms with Crippen molar-refractivity contribution < 1.29 is 33.2 Å².